The van der Waals surface area contributed by atoms with E-state index in [4.69, 9.17) is 10.5 Å². The second-order valence-electron chi connectivity index (χ2n) is 6.33. The highest BCUT2D eigenvalue weighted by atomic mass is 35.5. The molecule has 0 radical (unpaired) electrons. The van der Waals surface area contributed by atoms with Gasteiger partial charge >= 0.3 is 0 Å². The van der Waals surface area contributed by atoms with Crippen LogP contribution in [0.2, 0.25) is 0 Å². The van der Waals surface area contributed by atoms with E-state index in [1.165, 1.54) is 5.69 Å². The van der Waals surface area contributed by atoms with Crippen molar-refractivity contribution in [3.05, 3.63) is 29.8 Å². The Bertz CT molecular complexity index is 521. The quantitative estimate of drug-likeness (QED) is 0.850. The van der Waals surface area contributed by atoms with E-state index in [-0.39, 0.29) is 24.2 Å². The Hall–Kier alpha value is -1.30. The van der Waals surface area contributed by atoms with Gasteiger partial charge in [-0.1, -0.05) is 38.5 Å². The van der Waals surface area contributed by atoms with Crippen molar-refractivity contribution in [3.8, 4) is 0 Å². The Balaban J connectivity index is 0.00000288. The molecule has 1 heterocycles. The second-order valence-corrected chi connectivity index (χ2v) is 6.33. The van der Waals surface area contributed by atoms with Gasteiger partial charge in [-0.3, -0.25) is 4.79 Å². The zero-order valence-electron chi connectivity index (χ0n) is 14.9. The number of amides is 1. The zero-order valence-corrected chi connectivity index (χ0v) is 15.7. The Morgan fingerprint density at radius 3 is 2.58 bits per heavy atom. The normalized spacial score (nSPS) is 16.9. The van der Waals surface area contributed by atoms with Crippen molar-refractivity contribution in [2.45, 2.75) is 32.9 Å². The standard InChI is InChI=1S/C18H29N3O2.ClH/c1-4-14(2)17(19)18(22)20(3)13-15-7-5-6-8-16(15)21-9-11-23-12-10-21;/h5-8,14,17H,4,9-13,19H2,1-3H3;1H. The zero-order chi connectivity index (χ0) is 16.8. The van der Waals surface area contributed by atoms with Gasteiger partial charge in [0.15, 0.2) is 0 Å². The summed E-state index contributed by atoms with van der Waals surface area (Å²) in [6.07, 6.45) is 0.908. The molecule has 2 N–H and O–H groups in total. The van der Waals surface area contributed by atoms with Gasteiger partial charge in [0.1, 0.15) is 0 Å². The summed E-state index contributed by atoms with van der Waals surface area (Å²) in [5.41, 5.74) is 8.43. The average Bonchev–Trinajstić information content (AvgIpc) is 2.60. The molecule has 2 unspecified atom stereocenters. The number of ether oxygens (including phenoxy) is 1. The maximum Gasteiger partial charge on any atom is 0.239 e. The van der Waals surface area contributed by atoms with Crippen molar-refractivity contribution in [2.75, 3.05) is 38.3 Å². The highest BCUT2D eigenvalue weighted by Crippen LogP contribution is 2.23. The van der Waals surface area contributed by atoms with Crippen LogP contribution in [0.25, 0.3) is 0 Å². The molecular formula is C18H30ClN3O2. The second kappa shape index (κ2) is 9.87. The number of halogens is 1. The van der Waals surface area contributed by atoms with Gasteiger partial charge in [0.05, 0.1) is 19.3 Å². The van der Waals surface area contributed by atoms with Gasteiger partial charge in [0.2, 0.25) is 5.91 Å². The van der Waals surface area contributed by atoms with E-state index < -0.39 is 6.04 Å². The highest BCUT2D eigenvalue weighted by Gasteiger charge is 2.24. The third kappa shape index (κ3) is 5.10. The van der Waals surface area contributed by atoms with Crippen molar-refractivity contribution in [1.82, 2.24) is 4.90 Å². The minimum atomic E-state index is -0.430. The van der Waals surface area contributed by atoms with Gasteiger partial charge in [-0.25, -0.2) is 0 Å². The molecule has 0 aliphatic carbocycles. The number of hydrogen-bond acceptors (Lipinski definition) is 4. The van der Waals surface area contributed by atoms with Crippen LogP contribution in [0, 0.1) is 5.92 Å². The first-order valence-electron chi connectivity index (χ1n) is 8.45. The first-order valence-corrected chi connectivity index (χ1v) is 8.45. The minimum absolute atomic E-state index is 0. The Kier molecular flexibility index (Phi) is 8.53. The topological polar surface area (TPSA) is 58.8 Å². The summed E-state index contributed by atoms with van der Waals surface area (Å²) in [6.45, 7) is 7.95. The lowest BCUT2D eigenvalue weighted by atomic mass is 9.99. The van der Waals surface area contributed by atoms with Crippen LogP contribution in [0.5, 0.6) is 0 Å². The molecule has 1 saturated heterocycles. The lowest BCUT2D eigenvalue weighted by molar-refractivity contribution is -0.132. The lowest BCUT2D eigenvalue weighted by Gasteiger charge is -2.32. The largest absolute Gasteiger partial charge is 0.378 e. The van der Waals surface area contributed by atoms with Crippen LogP contribution in [0.15, 0.2) is 24.3 Å². The van der Waals surface area contributed by atoms with Crippen molar-refractivity contribution in [2.24, 2.45) is 11.7 Å². The fraction of sp³-hybridized carbons (Fsp3) is 0.611. The predicted molar refractivity (Wildman–Crippen MR) is 101 cm³/mol. The molecule has 1 fully saturated rings. The summed E-state index contributed by atoms with van der Waals surface area (Å²) in [4.78, 5) is 16.6. The molecule has 0 saturated carbocycles. The average molecular weight is 356 g/mol. The van der Waals surface area contributed by atoms with Crippen molar-refractivity contribution in [3.63, 3.8) is 0 Å². The number of hydrogen-bond donors (Lipinski definition) is 1. The van der Waals surface area contributed by atoms with Gasteiger partial charge in [0, 0.05) is 32.4 Å². The van der Waals surface area contributed by atoms with E-state index in [1.54, 1.807) is 4.90 Å². The Morgan fingerprint density at radius 1 is 1.33 bits per heavy atom. The Labute approximate surface area is 151 Å². The minimum Gasteiger partial charge on any atom is -0.378 e. The van der Waals surface area contributed by atoms with Crippen LogP contribution in [0.3, 0.4) is 0 Å². The fourth-order valence-electron chi connectivity index (χ4n) is 2.84. The lowest BCUT2D eigenvalue weighted by Crippen LogP contribution is -2.45. The number of carbonyl (C=O) groups is 1. The molecule has 1 aromatic rings. The molecule has 6 heteroatoms. The molecule has 2 rings (SSSR count). The van der Waals surface area contributed by atoms with Crippen molar-refractivity contribution in [1.29, 1.82) is 0 Å². The summed E-state index contributed by atoms with van der Waals surface area (Å²) < 4.78 is 5.43. The molecule has 0 aromatic heterocycles. The third-order valence-electron chi connectivity index (χ3n) is 4.67. The molecule has 24 heavy (non-hydrogen) atoms. The SMILES string of the molecule is CCC(C)C(N)C(=O)N(C)Cc1ccccc1N1CCOCC1.Cl. The number of nitrogens with two attached hydrogens (primary N) is 1. The summed E-state index contributed by atoms with van der Waals surface area (Å²) in [5.74, 6) is 0.204. The van der Waals surface area contributed by atoms with Gasteiger partial charge in [-0.15, -0.1) is 12.4 Å². The fourth-order valence-corrected chi connectivity index (χ4v) is 2.84. The van der Waals surface area contributed by atoms with E-state index in [9.17, 15) is 4.79 Å². The molecular weight excluding hydrogens is 326 g/mol. The summed E-state index contributed by atoms with van der Waals surface area (Å²) >= 11 is 0. The maximum absolute atomic E-state index is 12.5. The molecule has 136 valence electrons. The Morgan fingerprint density at radius 2 is 1.96 bits per heavy atom. The van der Waals surface area contributed by atoms with Gasteiger partial charge in [-0.2, -0.15) is 0 Å². The highest BCUT2D eigenvalue weighted by molar-refractivity contribution is 5.85. The van der Waals surface area contributed by atoms with Gasteiger partial charge in [-0.05, 0) is 17.5 Å². The number of para-hydroxylation sites is 1. The maximum atomic E-state index is 12.5. The van der Waals surface area contributed by atoms with Crippen LogP contribution in [-0.2, 0) is 16.1 Å². The molecule has 0 bridgehead atoms. The van der Waals surface area contributed by atoms with Crippen LogP contribution >= 0.6 is 12.4 Å². The van der Waals surface area contributed by atoms with E-state index in [0.29, 0.717) is 6.54 Å². The molecule has 1 aliphatic rings. The molecule has 5 nitrogen and oxygen atoms in total. The molecule has 2 atom stereocenters. The monoisotopic (exact) mass is 355 g/mol. The third-order valence-corrected chi connectivity index (χ3v) is 4.67. The van der Waals surface area contributed by atoms with E-state index in [1.807, 2.05) is 26.1 Å². The van der Waals surface area contributed by atoms with E-state index in [2.05, 4.69) is 24.0 Å². The van der Waals surface area contributed by atoms with Gasteiger partial charge < -0.3 is 20.3 Å². The molecule has 1 aliphatic heterocycles. The molecule has 1 aromatic carbocycles. The van der Waals surface area contributed by atoms with Crippen LogP contribution in [-0.4, -0.2) is 50.2 Å². The van der Waals surface area contributed by atoms with E-state index in [0.717, 1.165) is 38.3 Å². The first-order chi connectivity index (χ1) is 11.0. The number of rotatable bonds is 6. The number of anilines is 1. The summed E-state index contributed by atoms with van der Waals surface area (Å²) in [7, 11) is 1.83. The number of likely N-dealkylation sites (N-methyl/N-ethyl adjacent to an activating group) is 1. The predicted octanol–water partition coefficient (Wildman–Crippen LogP) is 2.28. The number of carbonyl (C=O) groups excluding carboxylic acids is 1. The van der Waals surface area contributed by atoms with Crippen LogP contribution < -0.4 is 10.6 Å². The van der Waals surface area contributed by atoms with Crippen LogP contribution in [0.1, 0.15) is 25.8 Å². The van der Waals surface area contributed by atoms with E-state index >= 15 is 0 Å². The number of nitrogens with zero attached hydrogens (tertiary/aromatic N) is 2. The number of morpholine rings is 1. The molecule has 1 amide bonds. The smallest absolute Gasteiger partial charge is 0.239 e. The summed E-state index contributed by atoms with van der Waals surface area (Å²) in [6, 6.07) is 7.84. The van der Waals surface area contributed by atoms with Crippen molar-refractivity contribution < 1.29 is 9.53 Å². The summed E-state index contributed by atoms with van der Waals surface area (Å²) in [5, 5.41) is 0. The molecule has 0 spiro atoms. The number of benzene rings is 1. The van der Waals surface area contributed by atoms with Crippen LogP contribution in [0.4, 0.5) is 5.69 Å². The van der Waals surface area contributed by atoms with Crippen molar-refractivity contribution >= 4 is 24.0 Å². The first kappa shape index (κ1) is 20.7. The van der Waals surface area contributed by atoms with Gasteiger partial charge in [0.25, 0.3) is 0 Å².